The molecular weight excluding hydrogens is 292 g/mol. The van der Waals surface area contributed by atoms with Gasteiger partial charge in [0.2, 0.25) is 0 Å². The van der Waals surface area contributed by atoms with E-state index < -0.39 is 0 Å². The molecular formula is C16H26N6O. The third-order valence-corrected chi connectivity index (χ3v) is 4.34. The van der Waals surface area contributed by atoms with Crippen LogP contribution in [0.3, 0.4) is 0 Å². The van der Waals surface area contributed by atoms with Crippen molar-refractivity contribution in [1.82, 2.24) is 24.6 Å². The molecule has 126 valence electrons. The van der Waals surface area contributed by atoms with Gasteiger partial charge in [-0.15, -0.1) is 0 Å². The number of aryl methyl sites for hydroxylation is 1. The van der Waals surface area contributed by atoms with Crippen LogP contribution in [0, 0.1) is 5.92 Å². The summed E-state index contributed by atoms with van der Waals surface area (Å²) in [5.41, 5.74) is 0.856. The van der Waals surface area contributed by atoms with Crippen LogP contribution in [0.1, 0.15) is 20.3 Å². The monoisotopic (exact) mass is 318 g/mol. The Labute approximate surface area is 137 Å². The number of aromatic nitrogens is 4. The van der Waals surface area contributed by atoms with Crippen molar-refractivity contribution in [3.8, 4) is 0 Å². The lowest BCUT2D eigenvalue weighted by molar-refractivity contribution is 0.0150. The molecule has 1 saturated heterocycles. The van der Waals surface area contributed by atoms with Gasteiger partial charge in [-0.25, -0.2) is 9.97 Å². The molecule has 1 N–H and O–H groups in total. The molecule has 2 aromatic rings. The predicted molar refractivity (Wildman–Crippen MR) is 90.4 cm³/mol. The van der Waals surface area contributed by atoms with Crippen molar-refractivity contribution in [3.05, 3.63) is 12.5 Å². The first kappa shape index (κ1) is 16.1. The summed E-state index contributed by atoms with van der Waals surface area (Å²) in [6.45, 7) is 9.09. The van der Waals surface area contributed by atoms with Crippen LogP contribution in [0.4, 0.5) is 5.82 Å². The Morgan fingerprint density at radius 2 is 2.04 bits per heavy atom. The molecule has 0 radical (unpaired) electrons. The number of nitrogens with one attached hydrogen (secondary N) is 1. The van der Waals surface area contributed by atoms with Crippen molar-refractivity contribution in [2.24, 2.45) is 13.0 Å². The van der Waals surface area contributed by atoms with Crippen LogP contribution in [0.5, 0.6) is 0 Å². The summed E-state index contributed by atoms with van der Waals surface area (Å²) in [5, 5.41) is 8.76. The van der Waals surface area contributed by atoms with Crippen molar-refractivity contribution in [3.63, 3.8) is 0 Å². The van der Waals surface area contributed by atoms with Crippen LogP contribution in [0.25, 0.3) is 11.0 Å². The number of fused-ring (bicyclic) bond motifs is 1. The summed E-state index contributed by atoms with van der Waals surface area (Å²) >= 11 is 0. The first-order valence-electron chi connectivity index (χ1n) is 8.33. The molecule has 1 aliphatic rings. The van der Waals surface area contributed by atoms with E-state index in [1.165, 1.54) is 0 Å². The molecule has 1 atom stereocenters. The average molecular weight is 318 g/mol. The molecule has 0 spiro atoms. The number of nitrogens with zero attached hydrogens (tertiary/aromatic N) is 5. The molecule has 2 aromatic heterocycles. The normalized spacial score (nSPS) is 17.7. The van der Waals surface area contributed by atoms with Gasteiger partial charge in [0.05, 0.1) is 24.8 Å². The van der Waals surface area contributed by atoms with Crippen molar-refractivity contribution in [2.45, 2.75) is 26.3 Å². The molecule has 0 bridgehead atoms. The van der Waals surface area contributed by atoms with E-state index in [1.54, 1.807) is 11.0 Å². The van der Waals surface area contributed by atoms with E-state index in [0.29, 0.717) is 12.0 Å². The molecule has 0 saturated carbocycles. The minimum atomic E-state index is 0.487. The van der Waals surface area contributed by atoms with Crippen LogP contribution in [0.2, 0.25) is 0 Å². The maximum atomic E-state index is 5.48. The van der Waals surface area contributed by atoms with Crippen LogP contribution < -0.4 is 5.32 Å². The van der Waals surface area contributed by atoms with Gasteiger partial charge in [-0.05, 0) is 12.3 Å². The zero-order valence-corrected chi connectivity index (χ0v) is 14.2. The van der Waals surface area contributed by atoms with E-state index >= 15 is 0 Å². The fourth-order valence-electron chi connectivity index (χ4n) is 3.17. The lowest BCUT2D eigenvalue weighted by atomic mass is 10.0. The van der Waals surface area contributed by atoms with Crippen molar-refractivity contribution < 1.29 is 4.74 Å². The fourth-order valence-corrected chi connectivity index (χ4v) is 3.17. The Morgan fingerprint density at radius 3 is 2.78 bits per heavy atom. The molecule has 1 aliphatic heterocycles. The zero-order chi connectivity index (χ0) is 16.2. The number of ether oxygens (including phenoxy) is 1. The number of rotatable bonds is 6. The predicted octanol–water partition coefficient (Wildman–Crippen LogP) is 1.52. The van der Waals surface area contributed by atoms with Gasteiger partial charge in [-0.1, -0.05) is 13.8 Å². The number of anilines is 1. The summed E-state index contributed by atoms with van der Waals surface area (Å²) in [6.07, 6.45) is 4.58. The van der Waals surface area contributed by atoms with E-state index in [4.69, 9.17) is 4.74 Å². The summed E-state index contributed by atoms with van der Waals surface area (Å²) in [6, 6.07) is 0.487. The second-order valence-electron chi connectivity index (χ2n) is 6.54. The largest absolute Gasteiger partial charge is 0.379 e. The van der Waals surface area contributed by atoms with Crippen molar-refractivity contribution in [2.75, 3.05) is 38.2 Å². The van der Waals surface area contributed by atoms with Gasteiger partial charge < -0.3 is 10.1 Å². The third-order valence-electron chi connectivity index (χ3n) is 4.34. The van der Waals surface area contributed by atoms with Crippen LogP contribution >= 0.6 is 0 Å². The van der Waals surface area contributed by atoms with E-state index in [9.17, 15) is 0 Å². The second-order valence-corrected chi connectivity index (χ2v) is 6.54. The standard InChI is InChI=1S/C16H26N6O/c1-12(2)8-13(22-4-6-23-7-5-22)9-17-15-14-10-20-21(3)16(14)19-11-18-15/h10-13H,4-9H2,1-3H3,(H,17,18,19). The van der Waals surface area contributed by atoms with E-state index in [-0.39, 0.29) is 0 Å². The maximum absolute atomic E-state index is 5.48. The smallest absolute Gasteiger partial charge is 0.163 e. The summed E-state index contributed by atoms with van der Waals surface area (Å²) in [5.74, 6) is 1.53. The molecule has 3 heterocycles. The number of hydrogen-bond acceptors (Lipinski definition) is 6. The summed E-state index contributed by atoms with van der Waals surface area (Å²) in [7, 11) is 1.90. The minimum absolute atomic E-state index is 0.487. The van der Waals surface area contributed by atoms with E-state index in [1.807, 2.05) is 13.2 Å². The molecule has 7 nitrogen and oxygen atoms in total. The van der Waals surface area contributed by atoms with Crippen LogP contribution in [0.15, 0.2) is 12.5 Å². The topological polar surface area (TPSA) is 68.1 Å². The lowest BCUT2D eigenvalue weighted by Gasteiger charge is -2.35. The minimum Gasteiger partial charge on any atom is -0.379 e. The molecule has 0 aromatic carbocycles. The SMILES string of the molecule is CC(C)CC(CNc1ncnc2c1cnn2C)N1CCOCC1. The Morgan fingerprint density at radius 1 is 1.26 bits per heavy atom. The Hall–Kier alpha value is -1.73. The molecule has 7 heteroatoms. The van der Waals surface area contributed by atoms with Gasteiger partial charge in [-0.3, -0.25) is 9.58 Å². The molecule has 23 heavy (non-hydrogen) atoms. The first-order valence-corrected chi connectivity index (χ1v) is 8.33. The van der Waals surface area contributed by atoms with Crippen LogP contribution in [-0.2, 0) is 11.8 Å². The molecule has 0 aliphatic carbocycles. The summed E-state index contributed by atoms with van der Waals surface area (Å²) < 4.78 is 7.26. The summed E-state index contributed by atoms with van der Waals surface area (Å²) in [4.78, 5) is 11.2. The van der Waals surface area contributed by atoms with Gasteiger partial charge in [0, 0.05) is 32.7 Å². The van der Waals surface area contributed by atoms with Crippen molar-refractivity contribution >= 4 is 16.9 Å². The first-order chi connectivity index (χ1) is 11.1. The molecule has 0 amide bonds. The highest BCUT2D eigenvalue weighted by atomic mass is 16.5. The van der Waals surface area contributed by atoms with Gasteiger partial charge in [0.15, 0.2) is 5.65 Å². The highest BCUT2D eigenvalue weighted by Crippen LogP contribution is 2.19. The molecule has 3 rings (SSSR count). The Kier molecular flexibility index (Phi) is 5.07. The van der Waals surface area contributed by atoms with Crippen LogP contribution in [-0.4, -0.2) is 63.5 Å². The third kappa shape index (κ3) is 3.79. The fraction of sp³-hybridized carbons (Fsp3) is 0.688. The molecule has 1 unspecified atom stereocenters. The average Bonchev–Trinajstić information content (AvgIpc) is 2.94. The van der Waals surface area contributed by atoms with Gasteiger partial charge in [0.1, 0.15) is 12.1 Å². The highest BCUT2D eigenvalue weighted by molar-refractivity contribution is 5.85. The van der Waals surface area contributed by atoms with E-state index in [2.05, 4.69) is 39.1 Å². The quantitative estimate of drug-likeness (QED) is 0.871. The van der Waals surface area contributed by atoms with E-state index in [0.717, 1.165) is 56.1 Å². The van der Waals surface area contributed by atoms with Gasteiger partial charge >= 0.3 is 0 Å². The number of hydrogen-bond donors (Lipinski definition) is 1. The Balaban J connectivity index is 1.71. The second kappa shape index (κ2) is 7.23. The highest BCUT2D eigenvalue weighted by Gasteiger charge is 2.22. The maximum Gasteiger partial charge on any atom is 0.163 e. The van der Waals surface area contributed by atoms with Crippen molar-refractivity contribution in [1.29, 1.82) is 0 Å². The van der Waals surface area contributed by atoms with Gasteiger partial charge in [-0.2, -0.15) is 5.10 Å². The Bertz CT molecular complexity index is 635. The molecule has 1 fully saturated rings. The van der Waals surface area contributed by atoms with Gasteiger partial charge in [0.25, 0.3) is 0 Å². The number of morpholine rings is 1. The lowest BCUT2D eigenvalue weighted by Crippen LogP contribution is -2.47. The zero-order valence-electron chi connectivity index (χ0n) is 14.2.